The summed E-state index contributed by atoms with van der Waals surface area (Å²) in [6.45, 7) is 1.89. The Bertz CT molecular complexity index is 682. The highest BCUT2D eigenvalue weighted by molar-refractivity contribution is 7.71. The number of benzene rings is 1. The first-order valence-electron chi connectivity index (χ1n) is 6.21. The second-order valence-corrected chi connectivity index (χ2v) is 5.02. The largest absolute Gasteiger partial charge is 0.332 e. The van der Waals surface area contributed by atoms with E-state index in [4.69, 9.17) is 12.2 Å². The van der Waals surface area contributed by atoms with Crippen LogP contribution in [0.25, 0.3) is 10.9 Å². The molecule has 0 saturated carbocycles. The predicted molar refractivity (Wildman–Crippen MR) is 74.5 cm³/mol. The zero-order chi connectivity index (χ0) is 12.5. The summed E-state index contributed by atoms with van der Waals surface area (Å²) in [6.07, 6.45) is 1.91. The van der Waals surface area contributed by atoms with E-state index >= 15 is 0 Å². The molecular weight excluding hydrogens is 246 g/mol. The Hall–Kier alpha value is -1.46. The van der Waals surface area contributed by atoms with Crippen molar-refractivity contribution in [3.63, 3.8) is 0 Å². The molecule has 1 saturated heterocycles. The second-order valence-electron chi connectivity index (χ2n) is 4.63. The van der Waals surface area contributed by atoms with Crippen LogP contribution in [-0.2, 0) is 0 Å². The molecule has 0 spiro atoms. The van der Waals surface area contributed by atoms with Crippen LogP contribution in [-0.4, -0.2) is 22.6 Å². The van der Waals surface area contributed by atoms with Crippen LogP contribution in [0.2, 0.25) is 0 Å². The molecule has 18 heavy (non-hydrogen) atoms. The van der Waals surface area contributed by atoms with Crippen molar-refractivity contribution >= 4 is 23.1 Å². The molecular formula is C13H15N3OS. The van der Waals surface area contributed by atoms with Crippen molar-refractivity contribution in [1.82, 2.24) is 14.9 Å². The van der Waals surface area contributed by atoms with E-state index in [9.17, 15) is 4.79 Å². The Morgan fingerprint density at radius 3 is 2.72 bits per heavy atom. The van der Waals surface area contributed by atoms with E-state index in [1.54, 1.807) is 4.57 Å². The lowest BCUT2D eigenvalue weighted by Crippen LogP contribution is -2.35. The van der Waals surface area contributed by atoms with Gasteiger partial charge in [0.15, 0.2) is 4.77 Å². The molecule has 2 N–H and O–H groups in total. The summed E-state index contributed by atoms with van der Waals surface area (Å²) in [5.74, 6) is 0. The van der Waals surface area contributed by atoms with Crippen molar-refractivity contribution in [2.24, 2.45) is 0 Å². The van der Waals surface area contributed by atoms with Crippen molar-refractivity contribution in [3.8, 4) is 0 Å². The molecule has 0 atom stereocenters. The van der Waals surface area contributed by atoms with Gasteiger partial charge >= 0.3 is 0 Å². The van der Waals surface area contributed by atoms with Crippen LogP contribution in [0, 0.1) is 4.77 Å². The molecule has 3 rings (SSSR count). The quantitative estimate of drug-likeness (QED) is 0.772. The number of H-pyrrole nitrogens is 1. The van der Waals surface area contributed by atoms with Gasteiger partial charge in [-0.3, -0.25) is 9.36 Å². The minimum atomic E-state index is 0.0289. The van der Waals surface area contributed by atoms with Crippen molar-refractivity contribution < 1.29 is 0 Å². The highest BCUT2D eigenvalue weighted by Gasteiger charge is 2.18. The van der Waals surface area contributed by atoms with Gasteiger partial charge in [0.05, 0.1) is 10.9 Å². The van der Waals surface area contributed by atoms with E-state index in [1.165, 1.54) is 0 Å². The summed E-state index contributed by atoms with van der Waals surface area (Å²) in [5.41, 5.74) is 0.846. The minimum absolute atomic E-state index is 0.0289. The third-order valence-electron chi connectivity index (χ3n) is 3.51. The number of aromatic amines is 1. The Balaban J connectivity index is 2.22. The molecule has 2 heterocycles. The van der Waals surface area contributed by atoms with Crippen LogP contribution in [0.5, 0.6) is 0 Å². The number of fused-ring (bicyclic) bond motifs is 1. The number of nitrogens with zero attached hydrogens (tertiary/aromatic N) is 1. The lowest BCUT2D eigenvalue weighted by molar-refractivity contribution is 0.356. The van der Waals surface area contributed by atoms with Crippen molar-refractivity contribution in [2.75, 3.05) is 13.1 Å². The van der Waals surface area contributed by atoms with E-state index in [2.05, 4.69) is 10.3 Å². The van der Waals surface area contributed by atoms with E-state index in [0.29, 0.717) is 10.2 Å². The van der Waals surface area contributed by atoms with Crippen LogP contribution < -0.4 is 10.9 Å². The zero-order valence-electron chi connectivity index (χ0n) is 9.98. The standard InChI is InChI=1S/C13H15N3OS/c17-12-10-3-1-2-4-11(10)15-13(18)16(12)9-5-7-14-8-6-9/h1-4,9,14H,5-8H2,(H,15,18). The number of nitrogens with one attached hydrogen (secondary N) is 2. The number of rotatable bonds is 1. The first kappa shape index (κ1) is 11.6. The molecule has 1 aliphatic rings. The second kappa shape index (κ2) is 4.66. The summed E-state index contributed by atoms with van der Waals surface area (Å²) >= 11 is 5.33. The van der Waals surface area contributed by atoms with Gasteiger partial charge < -0.3 is 10.3 Å². The topological polar surface area (TPSA) is 49.8 Å². The van der Waals surface area contributed by atoms with E-state index in [1.807, 2.05) is 24.3 Å². The van der Waals surface area contributed by atoms with Crippen molar-refractivity contribution in [1.29, 1.82) is 0 Å². The maximum Gasteiger partial charge on any atom is 0.262 e. The fourth-order valence-electron chi connectivity index (χ4n) is 2.57. The predicted octanol–water partition coefficient (Wildman–Crippen LogP) is 1.98. The Morgan fingerprint density at radius 2 is 1.94 bits per heavy atom. The Morgan fingerprint density at radius 1 is 1.22 bits per heavy atom. The summed E-state index contributed by atoms with van der Waals surface area (Å²) in [5, 5.41) is 4.01. The number of aromatic nitrogens is 2. The van der Waals surface area contributed by atoms with Crippen molar-refractivity contribution in [3.05, 3.63) is 39.4 Å². The molecule has 1 aliphatic heterocycles. The van der Waals surface area contributed by atoms with Gasteiger partial charge in [-0.05, 0) is 50.3 Å². The molecule has 0 radical (unpaired) electrons. The lowest BCUT2D eigenvalue weighted by Gasteiger charge is -2.24. The molecule has 1 aromatic carbocycles. The number of piperidine rings is 1. The first-order chi connectivity index (χ1) is 8.77. The molecule has 0 aliphatic carbocycles. The van der Waals surface area contributed by atoms with E-state index in [0.717, 1.165) is 31.4 Å². The Kier molecular flexibility index (Phi) is 3.01. The number of para-hydroxylation sites is 1. The van der Waals surface area contributed by atoms with Gasteiger partial charge in [-0.1, -0.05) is 12.1 Å². The number of hydrogen-bond donors (Lipinski definition) is 2. The van der Waals surface area contributed by atoms with Crippen LogP contribution in [0.1, 0.15) is 18.9 Å². The minimum Gasteiger partial charge on any atom is -0.332 e. The third kappa shape index (κ3) is 1.89. The van der Waals surface area contributed by atoms with E-state index in [-0.39, 0.29) is 11.6 Å². The lowest BCUT2D eigenvalue weighted by atomic mass is 10.1. The molecule has 0 bridgehead atoms. The summed E-state index contributed by atoms with van der Waals surface area (Å²) in [6, 6.07) is 7.74. The highest BCUT2D eigenvalue weighted by atomic mass is 32.1. The maximum atomic E-state index is 12.5. The average Bonchev–Trinajstić information content (AvgIpc) is 2.40. The smallest absolute Gasteiger partial charge is 0.262 e. The molecule has 1 fully saturated rings. The SMILES string of the molecule is O=c1c2ccccc2[nH]c(=S)n1C1CCNCC1. The van der Waals surface area contributed by atoms with Crippen molar-refractivity contribution in [2.45, 2.75) is 18.9 Å². The Labute approximate surface area is 110 Å². The van der Waals surface area contributed by atoms with Gasteiger partial charge in [-0.25, -0.2) is 0 Å². The highest BCUT2D eigenvalue weighted by Crippen LogP contribution is 2.18. The molecule has 94 valence electrons. The van der Waals surface area contributed by atoms with Gasteiger partial charge in [0.2, 0.25) is 0 Å². The van der Waals surface area contributed by atoms with Crippen LogP contribution >= 0.6 is 12.2 Å². The molecule has 5 heteroatoms. The fraction of sp³-hybridized carbons (Fsp3) is 0.385. The summed E-state index contributed by atoms with van der Waals surface area (Å²) in [4.78, 5) is 15.7. The van der Waals surface area contributed by atoms with Gasteiger partial charge in [0.1, 0.15) is 0 Å². The first-order valence-corrected chi connectivity index (χ1v) is 6.62. The van der Waals surface area contributed by atoms with E-state index < -0.39 is 0 Å². The number of hydrogen-bond acceptors (Lipinski definition) is 3. The monoisotopic (exact) mass is 261 g/mol. The van der Waals surface area contributed by atoms with Gasteiger partial charge in [-0.2, -0.15) is 0 Å². The molecule has 2 aromatic rings. The summed E-state index contributed by atoms with van der Waals surface area (Å²) < 4.78 is 2.28. The van der Waals surface area contributed by atoms with Crippen LogP contribution in [0.3, 0.4) is 0 Å². The normalized spacial score (nSPS) is 17.1. The molecule has 4 nitrogen and oxygen atoms in total. The van der Waals surface area contributed by atoms with Gasteiger partial charge in [0, 0.05) is 6.04 Å². The zero-order valence-corrected chi connectivity index (χ0v) is 10.8. The molecule has 0 unspecified atom stereocenters. The van der Waals surface area contributed by atoms with Crippen LogP contribution in [0.4, 0.5) is 0 Å². The summed E-state index contributed by atoms with van der Waals surface area (Å²) in [7, 11) is 0. The maximum absolute atomic E-state index is 12.5. The van der Waals surface area contributed by atoms with Gasteiger partial charge in [-0.15, -0.1) is 0 Å². The average molecular weight is 261 g/mol. The van der Waals surface area contributed by atoms with Crippen LogP contribution in [0.15, 0.2) is 29.1 Å². The molecule has 0 amide bonds. The molecule has 1 aromatic heterocycles. The fourth-order valence-corrected chi connectivity index (χ4v) is 2.91. The third-order valence-corrected chi connectivity index (χ3v) is 3.81. The van der Waals surface area contributed by atoms with Gasteiger partial charge in [0.25, 0.3) is 5.56 Å².